The van der Waals surface area contributed by atoms with Gasteiger partial charge in [-0.2, -0.15) is 10.2 Å². The summed E-state index contributed by atoms with van der Waals surface area (Å²) in [5.41, 5.74) is 1.72. The van der Waals surface area contributed by atoms with E-state index in [0.29, 0.717) is 0 Å². The van der Waals surface area contributed by atoms with Gasteiger partial charge in [0.05, 0.1) is 17.2 Å². The van der Waals surface area contributed by atoms with Gasteiger partial charge in [0.2, 0.25) is 5.69 Å². The monoisotopic (exact) mass is 320 g/mol. The number of nitrogens with one attached hydrogen (secondary N) is 1. The quantitative estimate of drug-likeness (QED) is 0.665. The molecule has 23 heavy (non-hydrogen) atoms. The van der Waals surface area contributed by atoms with Gasteiger partial charge in [-0.25, -0.2) is 0 Å². The van der Waals surface area contributed by atoms with Crippen LogP contribution in [-0.2, 0) is 13.6 Å². The van der Waals surface area contributed by atoms with Crippen LogP contribution in [-0.4, -0.2) is 30.4 Å². The van der Waals surface area contributed by atoms with Crippen LogP contribution in [0.15, 0.2) is 6.20 Å². The molecule has 1 atom stereocenters. The van der Waals surface area contributed by atoms with Gasteiger partial charge in [0.15, 0.2) is 0 Å². The maximum atomic E-state index is 12.5. The van der Waals surface area contributed by atoms with Crippen molar-refractivity contribution in [2.45, 2.75) is 40.3 Å². The van der Waals surface area contributed by atoms with E-state index in [1.165, 1.54) is 18.7 Å². The summed E-state index contributed by atoms with van der Waals surface area (Å²) in [5, 5.41) is 22.2. The Balaban J connectivity index is 2.29. The van der Waals surface area contributed by atoms with E-state index in [4.69, 9.17) is 0 Å². The maximum absolute atomic E-state index is 12.5. The Morgan fingerprint density at radius 1 is 1.48 bits per heavy atom. The van der Waals surface area contributed by atoms with Crippen LogP contribution in [0.3, 0.4) is 0 Å². The molecule has 1 amide bonds. The Morgan fingerprint density at radius 2 is 2.13 bits per heavy atom. The second-order valence-electron chi connectivity index (χ2n) is 5.36. The molecule has 2 heterocycles. The molecule has 2 aromatic rings. The van der Waals surface area contributed by atoms with E-state index in [1.807, 2.05) is 25.5 Å². The molecular weight excluding hydrogens is 300 g/mol. The molecule has 0 fully saturated rings. The summed E-state index contributed by atoms with van der Waals surface area (Å²) in [5.74, 6) is -0.532. The third-order valence-electron chi connectivity index (χ3n) is 3.84. The molecule has 0 saturated carbocycles. The Morgan fingerprint density at radius 3 is 2.65 bits per heavy atom. The molecule has 0 saturated heterocycles. The molecule has 1 unspecified atom stereocenters. The van der Waals surface area contributed by atoms with Crippen molar-refractivity contribution >= 4 is 11.6 Å². The third kappa shape index (κ3) is 2.94. The Kier molecular flexibility index (Phi) is 4.48. The highest BCUT2D eigenvalue weighted by Crippen LogP contribution is 2.23. The van der Waals surface area contributed by atoms with Gasteiger partial charge in [0.25, 0.3) is 5.91 Å². The molecule has 0 aliphatic carbocycles. The van der Waals surface area contributed by atoms with Crippen molar-refractivity contribution in [3.05, 3.63) is 39.0 Å². The Hall–Kier alpha value is -2.71. The van der Waals surface area contributed by atoms with Crippen LogP contribution in [0, 0.1) is 24.0 Å². The zero-order valence-corrected chi connectivity index (χ0v) is 13.8. The van der Waals surface area contributed by atoms with Gasteiger partial charge in [0, 0.05) is 24.8 Å². The fraction of sp³-hybridized carbons (Fsp3) is 0.500. The first kappa shape index (κ1) is 16.7. The van der Waals surface area contributed by atoms with Crippen molar-refractivity contribution in [3.8, 4) is 0 Å². The fourth-order valence-corrected chi connectivity index (χ4v) is 2.67. The molecule has 0 bridgehead atoms. The molecule has 124 valence electrons. The number of hydrogen-bond donors (Lipinski definition) is 1. The van der Waals surface area contributed by atoms with E-state index in [2.05, 4.69) is 15.5 Å². The number of nitrogens with zero attached hydrogens (tertiary/aromatic N) is 5. The molecule has 1 N–H and O–H groups in total. The molecule has 0 aliphatic heterocycles. The number of nitro groups is 1. The van der Waals surface area contributed by atoms with E-state index in [1.54, 1.807) is 6.20 Å². The summed E-state index contributed by atoms with van der Waals surface area (Å²) >= 11 is 0. The van der Waals surface area contributed by atoms with Crippen molar-refractivity contribution in [3.63, 3.8) is 0 Å². The molecule has 2 aromatic heterocycles. The van der Waals surface area contributed by atoms with E-state index in [0.717, 1.165) is 17.8 Å². The molecule has 0 spiro atoms. The number of carbonyl (C=O) groups excluding carboxylic acids is 1. The van der Waals surface area contributed by atoms with Crippen molar-refractivity contribution in [2.24, 2.45) is 7.05 Å². The first-order chi connectivity index (χ1) is 10.8. The van der Waals surface area contributed by atoms with Crippen molar-refractivity contribution in [1.82, 2.24) is 24.9 Å². The summed E-state index contributed by atoms with van der Waals surface area (Å²) in [7, 11) is 1.51. The summed E-state index contributed by atoms with van der Waals surface area (Å²) in [6.45, 7) is 7.96. The standard InChI is InChI=1S/C14H20N6O3/c1-6-19-10(4)11(7-15-19)8(2)16-14(21)13-12(20(22)23)9(3)17-18(13)5/h7-8H,6H2,1-5H3,(H,16,21). The van der Waals surface area contributed by atoms with Gasteiger partial charge >= 0.3 is 5.69 Å². The van der Waals surface area contributed by atoms with E-state index in [-0.39, 0.29) is 23.1 Å². The lowest BCUT2D eigenvalue weighted by molar-refractivity contribution is -0.385. The lowest BCUT2D eigenvalue weighted by Gasteiger charge is -2.13. The van der Waals surface area contributed by atoms with E-state index >= 15 is 0 Å². The molecule has 0 radical (unpaired) electrons. The second-order valence-corrected chi connectivity index (χ2v) is 5.36. The Labute approximate surface area is 133 Å². The molecule has 0 aromatic carbocycles. The van der Waals surface area contributed by atoms with Gasteiger partial charge in [-0.3, -0.25) is 24.3 Å². The predicted molar refractivity (Wildman–Crippen MR) is 83.1 cm³/mol. The van der Waals surface area contributed by atoms with Crippen molar-refractivity contribution in [1.29, 1.82) is 0 Å². The van der Waals surface area contributed by atoms with Crippen molar-refractivity contribution in [2.75, 3.05) is 0 Å². The summed E-state index contributed by atoms with van der Waals surface area (Å²) in [6.07, 6.45) is 1.70. The number of aromatic nitrogens is 4. The molecular formula is C14H20N6O3. The van der Waals surface area contributed by atoms with Crippen molar-refractivity contribution < 1.29 is 9.72 Å². The molecule has 9 nitrogen and oxygen atoms in total. The highest BCUT2D eigenvalue weighted by Gasteiger charge is 2.30. The van der Waals surface area contributed by atoms with Crippen LogP contribution in [0.5, 0.6) is 0 Å². The number of aryl methyl sites for hydroxylation is 3. The second kappa shape index (κ2) is 6.19. The van der Waals surface area contributed by atoms with Crippen LogP contribution in [0.25, 0.3) is 0 Å². The minimum absolute atomic E-state index is 0.0557. The van der Waals surface area contributed by atoms with Gasteiger partial charge in [-0.1, -0.05) is 0 Å². The average Bonchev–Trinajstić information content (AvgIpc) is 2.97. The van der Waals surface area contributed by atoms with Crippen LogP contribution in [0.4, 0.5) is 5.69 Å². The number of amides is 1. The smallest absolute Gasteiger partial charge is 0.322 e. The molecule has 9 heteroatoms. The zero-order valence-electron chi connectivity index (χ0n) is 13.8. The van der Waals surface area contributed by atoms with Crippen LogP contribution >= 0.6 is 0 Å². The van der Waals surface area contributed by atoms with Gasteiger partial charge in [-0.05, 0) is 27.7 Å². The topological polar surface area (TPSA) is 108 Å². The number of carbonyl (C=O) groups is 1. The van der Waals surface area contributed by atoms with Gasteiger partial charge in [0.1, 0.15) is 5.69 Å². The van der Waals surface area contributed by atoms with Crippen LogP contribution < -0.4 is 5.32 Å². The minimum atomic E-state index is -0.581. The average molecular weight is 320 g/mol. The zero-order chi connectivity index (χ0) is 17.3. The van der Waals surface area contributed by atoms with E-state index < -0.39 is 10.8 Å². The summed E-state index contributed by atoms with van der Waals surface area (Å²) in [6, 6.07) is -0.322. The third-order valence-corrected chi connectivity index (χ3v) is 3.84. The summed E-state index contributed by atoms with van der Waals surface area (Å²) in [4.78, 5) is 23.1. The first-order valence-corrected chi connectivity index (χ1v) is 7.29. The number of hydrogen-bond acceptors (Lipinski definition) is 5. The SMILES string of the molecule is CCn1ncc(C(C)NC(=O)c2c([N+](=O)[O-])c(C)nn2C)c1C. The molecule has 2 rings (SSSR count). The predicted octanol–water partition coefficient (Wildman–Crippen LogP) is 1.65. The number of rotatable bonds is 5. The van der Waals surface area contributed by atoms with Crippen LogP contribution in [0.1, 0.15) is 47.3 Å². The normalized spacial score (nSPS) is 12.2. The van der Waals surface area contributed by atoms with Gasteiger partial charge < -0.3 is 5.32 Å². The Bertz CT molecular complexity index is 761. The minimum Gasteiger partial charge on any atom is -0.344 e. The highest BCUT2D eigenvalue weighted by molar-refractivity contribution is 5.97. The largest absolute Gasteiger partial charge is 0.344 e. The maximum Gasteiger partial charge on any atom is 0.322 e. The molecule has 0 aliphatic rings. The lowest BCUT2D eigenvalue weighted by atomic mass is 10.1. The highest BCUT2D eigenvalue weighted by atomic mass is 16.6. The van der Waals surface area contributed by atoms with Gasteiger partial charge in [-0.15, -0.1) is 0 Å². The first-order valence-electron chi connectivity index (χ1n) is 7.29. The fourth-order valence-electron chi connectivity index (χ4n) is 2.67. The van der Waals surface area contributed by atoms with E-state index in [9.17, 15) is 14.9 Å². The van der Waals surface area contributed by atoms with Crippen LogP contribution in [0.2, 0.25) is 0 Å². The summed E-state index contributed by atoms with van der Waals surface area (Å²) < 4.78 is 3.06. The lowest BCUT2D eigenvalue weighted by Crippen LogP contribution is -2.29.